The van der Waals surface area contributed by atoms with E-state index in [0.717, 1.165) is 5.39 Å². The van der Waals surface area contributed by atoms with E-state index in [1.54, 1.807) is 24.3 Å². The van der Waals surface area contributed by atoms with Gasteiger partial charge < -0.3 is 5.11 Å². The predicted molar refractivity (Wildman–Crippen MR) is 91.8 cm³/mol. The smallest absolute Gasteiger partial charge is 0.296 e. The molecule has 118 valence electrons. The van der Waals surface area contributed by atoms with Gasteiger partial charge in [-0.25, -0.2) is 0 Å². The first-order valence-corrected chi connectivity index (χ1v) is 8.10. The Morgan fingerprint density at radius 2 is 1.50 bits per heavy atom. The molecule has 0 aliphatic rings. The number of azo groups is 1. The Bertz CT molecular complexity index is 1020. The van der Waals surface area contributed by atoms with E-state index in [0.29, 0.717) is 5.39 Å². The molecule has 0 fully saturated rings. The fourth-order valence-corrected chi connectivity index (χ4v) is 2.83. The fourth-order valence-electron chi connectivity index (χ4n) is 2.21. The predicted octanol–water partition coefficient (Wildman–Crippen LogP) is 3.83. The summed E-state index contributed by atoms with van der Waals surface area (Å²) in [5.74, 6) is -0.0724. The van der Waals surface area contributed by atoms with Gasteiger partial charge in [0.25, 0.3) is 10.1 Å². The van der Waals surface area contributed by atoms with Crippen LogP contribution in [0.2, 0.25) is 0 Å². The van der Waals surface area contributed by atoms with Gasteiger partial charge in [0.15, 0.2) is 0 Å². The summed E-state index contributed by atoms with van der Waals surface area (Å²) in [6.45, 7) is 0. The zero-order valence-corrected chi connectivity index (χ0v) is 17.8. The third-order valence-electron chi connectivity index (χ3n) is 3.28. The van der Waals surface area contributed by atoms with Gasteiger partial charge in [0.1, 0.15) is 22.0 Å². The van der Waals surface area contributed by atoms with Gasteiger partial charge in [-0.1, -0.05) is 42.5 Å². The standard InChI is InChI=1S/C16H12N2O4S.Ba/c19-14-10-9-11-5-1-2-6-12(11)16(14)18-17-13-7-3-4-8-15(13)23(20,21)22;/h1-10,19H,(H,20,21,22);. The van der Waals surface area contributed by atoms with E-state index in [1.165, 1.54) is 24.3 Å². The van der Waals surface area contributed by atoms with Crippen molar-refractivity contribution in [2.45, 2.75) is 4.90 Å². The van der Waals surface area contributed by atoms with Crippen LogP contribution in [-0.2, 0) is 10.1 Å². The number of phenolic OH excluding ortho intramolecular Hbond substituents is 1. The Morgan fingerprint density at radius 3 is 2.25 bits per heavy atom. The van der Waals surface area contributed by atoms with Crippen molar-refractivity contribution in [3.8, 4) is 5.75 Å². The van der Waals surface area contributed by atoms with E-state index in [-0.39, 0.29) is 70.9 Å². The van der Waals surface area contributed by atoms with Crippen molar-refractivity contribution in [1.29, 1.82) is 0 Å². The first kappa shape index (κ1) is 19.1. The number of hydrogen-bond acceptors (Lipinski definition) is 5. The molecular weight excluding hydrogens is 454 g/mol. The molecule has 0 saturated heterocycles. The minimum Gasteiger partial charge on any atom is -0.506 e. The number of hydrogen-bond donors (Lipinski definition) is 2. The minimum absolute atomic E-state index is 0. The molecule has 0 heterocycles. The van der Waals surface area contributed by atoms with E-state index < -0.39 is 10.1 Å². The molecule has 0 saturated carbocycles. The summed E-state index contributed by atoms with van der Waals surface area (Å²) in [7, 11) is -4.41. The monoisotopic (exact) mass is 466 g/mol. The van der Waals surface area contributed by atoms with Gasteiger partial charge >= 0.3 is 0 Å². The van der Waals surface area contributed by atoms with Crippen LogP contribution in [0, 0.1) is 0 Å². The molecule has 0 unspecified atom stereocenters. The molecule has 3 aromatic rings. The summed E-state index contributed by atoms with van der Waals surface area (Å²) in [6, 6.07) is 16.2. The summed E-state index contributed by atoms with van der Waals surface area (Å²) in [5.41, 5.74) is 0.218. The summed E-state index contributed by atoms with van der Waals surface area (Å²) in [5, 5.41) is 19.4. The second-order valence-corrected chi connectivity index (χ2v) is 6.19. The molecule has 0 amide bonds. The number of phenols is 1. The summed E-state index contributed by atoms with van der Waals surface area (Å²) >= 11 is 0. The summed E-state index contributed by atoms with van der Waals surface area (Å²) in [6.07, 6.45) is 0. The van der Waals surface area contributed by atoms with Crippen LogP contribution < -0.4 is 0 Å². The molecule has 24 heavy (non-hydrogen) atoms. The molecule has 8 heteroatoms. The van der Waals surface area contributed by atoms with Gasteiger partial charge in [0, 0.05) is 54.3 Å². The second kappa shape index (κ2) is 7.79. The average Bonchev–Trinajstić information content (AvgIpc) is 2.53. The van der Waals surface area contributed by atoms with Gasteiger partial charge in [-0.05, 0) is 23.6 Å². The van der Waals surface area contributed by atoms with E-state index in [9.17, 15) is 18.1 Å². The molecule has 2 radical (unpaired) electrons. The van der Waals surface area contributed by atoms with Gasteiger partial charge in [-0.3, -0.25) is 4.55 Å². The van der Waals surface area contributed by atoms with Crippen molar-refractivity contribution < 1.29 is 18.1 Å². The van der Waals surface area contributed by atoms with Crippen LogP contribution in [0.3, 0.4) is 0 Å². The quantitative estimate of drug-likeness (QED) is 0.349. The Kier molecular flexibility index (Phi) is 6.21. The number of fused-ring (bicyclic) bond motifs is 1. The van der Waals surface area contributed by atoms with Crippen LogP contribution in [-0.4, -0.2) is 67.0 Å². The first-order chi connectivity index (χ1) is 11.0. The van der Waals surface area contributed by atoms with Crippen molar-refractivity contribution in [3.63, 3.8) is 0 Å². The Morgan fingerprint density at radius 1 is 0.833 bits per heavy atom. The molecule has 6 nitrogen and oxygen atoms in total. The van der Waals surface area contributed by atoms with Crippen molar-refractivity contribution in [2.75, 3.05) is 0 Å². The van der Waals surface area contributed by atoms with Crippen LogP contribution in [0.4, 0.5) is 11.4 Å². The van der Waals surface area contributed by atoms with Crippen LogP contribution in [0.15, 0.2) is 75.8 Å². The van der Waals surface area contributed by atoms with E-state index >= 15 is 0 Å². The zero-order chi connectivity index (χ0) is 16.4. The topological polar surface area (TPSA) is 99.3 Å². The molecule has 0 aliphatic heterocycles. The molecular formula is C16H12BaN2O4S. The summed E-state index contributed by atoms with van der Waals surface area (Å²) in [4.78, 5) is -0.344. The zero-order valence-electron chi connectivity index (χ0n) is 12.5. The fraction of sp³-hybridized carbons (Fsp3) is 0. The third-order valence-corrected chi connectivity index (χ3v) is 4.18. The van der Waals surface area contributed by atoms with Crippen LogP contribution in [0.5, 0.6) is 5.75 Å². The maximum atomic E-state index is 11.3. The average molecular weight is 466 g/mol. The number of rotatable bonds is 3. The third kappa shape index (κ3) is 4.06. The van der Waals surface area contributed by atoms with Crippen LogP contribution >= 0.6 is 0 Å². The molecule has 3 rings (SSSR count). The molecule has 0 bridgehead atoms. The van der Waals surface area contributed by atoms with Crippen molar-refractivity contribution in [3.05, 3.63) is 60.7 Å². The molecule has 3 aromatic carbocycles. The maximum Gasteiger partial charge on any atom is 0.296 e. The van der Waals surface area contributed by atoms with Gasteiger partial charge in [0.2, 0.25) is 0 Å². The molecule has 0 atom stereocenters. The first-order valence-electron chi connectivity index (χ1n) is 6.66. The van der Waals surface area contributed by atoms with E-state index in [4.69, 9.17) is 0 Å². The SMILES string of the molecule is O=S(=O)(O)c1ccccc1N=Nc1c(O)ccc2ccccc12.[Ba]. The van der Waals surface area contributed by atoms with Crippen molar-refractivity contribution >= 4 is 81.1 Å². The maximum absolute atomic E-state index is 11.3. The van der Waals surface area contributed by atoms with Gasteiger partial charge in [-0.2, -0.15) is 8.42 Å². The molecule has 0 aromatic heterocycles. The van der Waals surface area contributed by atoms with Crippen molar-refractivity contribution in [2.24, 2.45) is 10.2 Å². The molecule has 2 N–H and O–H groups in total. The number of aromatic hydroxyl groups is 1. The normalized spacial score (nSPS) is 11.5. The van der Waals surface area contributed by atoms with Crippen LogP contribution in [0.1, 0.15) is 0 Å². The van der Waals surface area contributed by atoms with E-state index in [1.807, 2.05) is 12.1 Å². The minimum atomic E-state index is -4.41. The summed E-state index contributed by atoms with van der Waals surface area (Å²) < 4.78 is 31.9. The molecule has 0 aliphatic carbocycles. The molecule has 0 spiro atoms. The van der Waals surface area contributed by atoms with E-state index in [2.05, 4.69) is 10.2 Å². The van der Waals surface area contributed by atoms with Crippen LogP contribution in [0.25, 0.3) is 10.8 Å². The Balaban J connectivity index is 0.00000208. The Labute approximate surface area is 179 Å². The van der Waals surface area contributed by atoms with Crippen molar-refractivity contribution in [1.82, 2.24) is 0 Å². The second-order valence-electron chi connectivity index (χ2n) is 4.80. The van der Waals surface area contributed by atoms with Gasteiger partial charge in [0.05, 0.1) is 0 Å². The Hall–Kier alpha value is -1.20. The largest absolute Gasteiger partial charge is 0.506 e. The van der Waals surface area contributed by atoms with Gasteiger partial charge in [-0.15, -0.1) is 10.2 Å². The number of nitrogens with zero attached hydrogens (tertiary/aromatic N) is 2. The number of benzene rings is 3.